The molecule has 0 bridgehead atoms. The van der Waals surface area contributed by atoms with Crippen molar-refractivity contribution >= 4 is 17.9 Å². The van der Waals surface area contributed by atoms with Crippen LogP contribution in [0.4, 0.5) is 4.79 Å². The molecule has 2 aliphatic rings. The Kier molecular flexibility index (Phi) is 8.18. The predicted octanol–water partition coefficient (Wildman–Crippen LogP) is 7.30. The number of benzene rings is 3. The van der Waals surface area contributed by atoms with E-state index in [1.165, 1.54) is 26.5 Å². The smallest absolute Gasteiger partial charge is 0.408 e. The van der Waals surface area contributed by atoms with Gasteiger partial charge in [0.25, 0.3) is 0 Å². The van der Waals surface area contributed by atoms with Gasteiger partial charge < -0.3 is 24.3 Å². The summed E-state index contributed by atoms with van der Waals surface area (Å²) >= 11 is 1.79. The summed E-state index contributed by atoms with van der Waals surface area (Å²) in [7, 11) is 0. The number of ether oxygens (including phenoxy) is 4. The lowest BCUT2D eigenvalue weighted by molar-refractivity contribution is -0.271. The van der Waals surface area contributed by atoms with E-state index in [4.69, 9.17) is 18.9 Å². The van der Waals surface area contributed by atoms with Gasteiger partial charge in [0.05, 0.1) is 18.8 Å². The van der Waals surface area contributed by atoms with Crippen molar-refractivity contribution in [2.75, 3.05) is 13.2 Å². The van der Waals surface area contributed by atoms with Crippen molar-refractivity contribution in [2.24, 2.45) is 0 Å². The summed E-state index contributed by atoms with van der Waals surface area (Å²) < 4.78 is 23.6. The van der Waals surface area contributed by atoms with Gasteiger partial charge in [0, 0.05) is 9.79 Å². The number of alkyl carbamates (subject to hydrolysis) is 1. The van der Waals surface area contributed by atoms with E-state index in [-0.39, 0.29) is 0 Å². The highest BCUT2D eigenvalue weighted by atomic mass is 32.2. The molecule has 2 heterocycles. The minimum atomic E-state index is -0.682. The van der Waals surface area contributed by atoms with Crippen LogP contribution in [0.5, 0.6) is 5.75 Å². The molecule has 1 fully saturated rings. The molecule has 5 rings (SSSR count). The molecule has 1 amide bonds. The highest BCUT2D eigenvalue weighted by Gasteiger charge is 2.42. The summed E-state index contributed by atoms with van der Waals surface area (Å²) in [6.07, 6.45) is 1.88. The maximum atomic E-state index is 12.7. The van der Waals surface area contributed by atoms with Gasteiger partial charge >= 0.3 is 6.09 Å². The number of hydrogen-bond donors (Lipinski definition) is 1. The second-order valence-electron chi connectivity index (χ2n) is 12.1. The van der Waals surface area contributed by atoms with Crippen LogP contribution in [-0.4, -0.2) is 36.2 Å². The molecule has 3 aromatic carbocycles. The largest absolute Gasteiger partial charge is 0.489 e. The fourth-order valence-corrected chi connectivity index (χ4v) is 5.98. The second-order valence-corrected chi connectivity index (χ2v) is 13.2. The van der Waals surface area contributed by atoms with Crippen molar-refractivity contribution in [3.63, 3.8) is 0 Å². The van der Waals surface area contributed by atoms with Crippen molar-refractivity contribution in [2.45, 2.75) is 87.2 Å². The average molecular weight is 562 g/mol. The van der Waals surface area contributed by atoms with Crippen LogP contribution in [-0.2, 0) is 33.7 Å². The number of rotatable bonds is 7. The van der Waals surface area contributed by atoms with E-state index in [1.54, 1.807) is 11.8 Å². The Morgan fingerprint density at radius 1 is 0.925 bits per heavy atom. The Morgan fingerprint density at radius 2 is 1.60 bits per heavy atom. The summed E-state index contributed by atoms with van der Waals surface area (Å²) in [4.78, 5) is 15.2. The van der Waals surface area contributed by atoms with Gasteiger partial charge in [0.15, 0.2) is 5.79 Å². The van der Waals surface area contributed by atoms with Crippen LogP contribution < -0.4 is 10.1 Å². The Labute approximate surface area is 241 Å². The van der Waals surface area contributed by atoms with E-state index >= 15 is 0 Å². The van der Waals surface area contributed by atoms with Crippen molar-refractivity contribution in [1.29, 1.82) is 0 Å². The minimum Gasteiger partial charge on any atom is -0.489 e. The van der Waals surface area contributed by atoms with Crippen molar-refractivity contribution in [1.82, 2.24) is 5.32 Å². The van der Waals surface area contributed by atoms with E-state index in [0.29, 0.717) is 26.2 Å². The summed E-state index contributed by atoms with van der Waals surface area (Å²) in [5, 5.41) is 3.07. The topological polar surface area (TPSA) is 66.0 Å². The fraction of sp³-hybridized carbons (Fsp3) is 0.424. The first-order chi connectivity index (χ1) is 19.0. The first-order valence-corrected chi connectivity index (χ1v) is 14.7. The zero-order valence-corrected chi connectivity index (χ0v) is 24.9. The highest BCUT2D eigenvalue weighted by molar-refractivity contribution is 7.99. The van der Waals surface area contributed by atoms with Crippen LogP contribution in [0.2, 0.25) is 0 Å². The summed E-state index contributed by atoms with van der Waals surface area (Å²) in [5.74, 6) is 0.198. The molecule has 0 aliphatic carbocycles. The monoisotopic (exact) mass is 561 g/mol. The molecule has 1 saturated heterocycles. The molecule has 7 heteroatoms. The SMILES string of the molecule is CC(C)(C)OC(=O)NC1(CCc2ccc3c(c2)Sc2cc(OCc4ccccc4)ccc2C3)COC(C)(C)OC1. The number of nitrogens with one attached hydrogen (secondary N) is 1. The lowest BCUT2D eigenvalue weighted by atomic mass is 9.91. The predicted molar refractivity (Wildman–Crippen MR) is 157 cm³/mol. The van der Waals surface area contributed by atoms with Crippen molar-refractivity contribution in [3.05, 3.63) is 89.0 Å². The second kappa shape index (κ2) is 11.5. The first kappa shape index (κ1) is 28.5. The maximum absolute atomic E-state index is 12.7. The molecule has 0 spiro atoms. The van der Waals surface area contributed by atoms with Crippen LogP contribution >= 0.6 is 11.8 Å². The third-order valence-corrected chi connectivity index (χ3v) is 8.27. The molecule has 40 heavy (non-hydrogen) atoms. The molecule has 0 atom stereocenters. The van der Waals surface area contributed by atoms with E-state index in [9.17, 15) is 4.79 Å². The van der Waals surface area contributed by atoms with Gasteiger partial charge in [-0.1, -0.05) is 60.3 Å². The molecular formula is C33H39NO5S. The molecule has 3 aromatic rings. The minimum absolute atomic E-state index is 0.359. The number of carbonyl (C=O) groups is 1. The Bertz CT molecular complexity index is 1340. The van der Waals surface area contributed by atoms with Gasteiger partial charge in [-0.15, -0.1) is 0 Å². The zero-order chi connectivity index (χ0) is 28.4. The molecule has 6 nitrogen and oxygen atoms in total. The molecular weight excluding hydrogens is 522 g/mol. The summed E-state index contributed by atoms with van der Waals surface area (Å²) in [5.41, 5.74) is 3.75. The Morgan fingerprint density at radius 3 is 2.30 bits per heavy atom. The van der Waals surface area contributed by atoms with Crippen molar-refractivity contribution < 1.29 is 23.7 Å². The molecule has 0 aromatic heterocycles. The fourth-order valence-electron chi connectivity index (χ4n) is 4.82. The van der Waals surface area contributed by atoms with Gasteiger partial charge in [-0.05, 0) is 94.3 Å². The Hall–Kier alpha value is -3.00. The quantitative estimate of drug-likeness (QED) is 0.255. The third-order valence-electron chi connectivity index (χ3n) is 7.07. The van der Waals surface area contributed by atoms with Gasteiger partial charge in [-0.25, -0.2) is 4.79 Å². The number of hydrogen-bond acceptors (Lipinski definition) is 6. The summed E-state index contributed by atoms with van der Waals surface area (Å²) in [6.45, 7) is 10.6. The van der Waals surface area contributed by atoms with E-state index in [0.717, 1.165) is 24.2 Å². The van der Waals surface area contributed by atoms with E-state index < -0.39 is 23.0 Å². The van der Waals surface area contributed by atoms with Crippen LogP contribution in [0, 0.1) is 0 Å². The maximum Gasteiger partial charge on any atom is 0.408 e. The summed E-state index contributed by atoms with van der Waals surface area (Å²) in [6, 6.07) is 23.3. The van der Waals surface area contributed by atoms with Gasteiger partial charge in [-0.2, -0.15) is 0 Å². The molecule has 0 saturated carbocycles. The van der Waals surface area contributed by atoms with E-state index in [1.807, 2.05) is 52.8 Å². The zero-order valence-electron chi connectivity index (χ0n) is 24.0. The number of aryl methyl sites for hydroxylation is 1. The molecule has 212 valence electrons. The highest BCUT2D eigenvalue weighted by Crippen LogP contribution is 2.42. The lowest BCUT2D eigenvalue weighted by Crippen LogP contribution is -2.61. The average Bonchev–Trinajstić information content (AvgIpc) is 2.90. The van der Waals surface area contributed by atoms with Gasteiger partial charge in [-0.3, -0.25) is 0 Å². The molecule has 0 radical (unpaired) electrons. The number of carbonyl (C=O) groups excluding carboxylic acids is 1. The molecule has 0 unspecified atom stereocenters. The van der Waals surface area contributed by atoms with E-state index in [2.05, 4.69) is 53.8 Å². The number of fused-ring (bicyclic) bond motifs is 2. The van der Waals surface area contributed by atoms with Crippen LogP contribution in [0.3, 0.4) is 0 Å². The van der Waals surface area contributed by atoms with Crippen LogP contribution in [0.1, 0.15) is 63.3 Å². The molecule has 1 N–H and O–H groups in total. The molecule has 2 aliphatic heterocycles. The first-order valence-electron chi connectivity index (χ1n) is 13.9. The third kappa shape index (κ3) is 7.39. The van der Waals surface area contributed by atoms with Crippen LogP contribution in [0.25, 0.3) is 0 Å². The standard InChI is InChI=1S/C33H39NO5S/c1-31(2,3)39-30(35)34-33(21-37-32(4,5)38-22-33)16-15-23-11-12-25-18-26-13-14-27(19-29(26)40-28(25)17-23)36-20-24-9-7-6-8-10-24/h6-14,17,19H,15-16,18,20-22H2,1-5H3,(H,34,35). The Balaban J connectivity index is 1.26. The van der Waals surface area contributed by atoms with Gasteiger partial charge in [0.1, 0.15) is 18.0 Å². The van der Waals surface area contributed by atoms with Crippen molar-refractivity contribution in [3.8, 4) is 5.75 Å². The van der Waals surface area contributed by atoms with Gasteiger partial charge in [0.2, 0.25) is 0 Å². The normalized spacial score (nSPS) is 17.3. The lowest BCUT2D eigenvalue weighted by Gasteiger charge is -2.44. The number of amides is 1. The van der Waals surface area contributed by atoms with Crippen LogP contribution in [0.15, 0.2) is 76.5 Å².